The summed E-state index contributed by atoms with van der Waals surface area (Å²) in [5, 5.41) is 1.02. The summed E-state index contributed by atoms with van der Waals surface area (Å²) in [6, 6.07) is 14.2. The van der Waals surface area contributed by atoms with Crippen molar-refractivity contribution in [2.75, 3.05) is 51.8 Å². The summed E-state index contributed by atoms with van der Waals surface area (Å²) >= 11 is 2.32. The number of H-pyrrole nitrogens is 1. The maximum absolute atomic E-state index is 13.4. The summed E-state index contributed by atoms with van der Waals surface area (Å²) in [6.07, 6.45) is 5.76. The average Bonchev–Trinajstić information content (AvgIpc) is 3.26. The number of rotatable bonds is 6. The molecule has 1 aliphatic heterocycles. The number of nitrogens with one attached hydrogen (secondary N) is 1. The number of benzene rings is 1. The number of hydrogen-bond donors (Lipinski definition) is 1. The van der Waals surface area contributed by atoms with E-state index >= 15 is 0 Å². The first-order valence-electron chi connectivity index (χ1n) is 11.4. The summed E-state index contributed by atoms with van der Waals surface area (Å²) in [5.41, 5.74) is 4.88. The highest BCUT2D eigenvalue weighted by molar-refractivity contribution is 14.1. The number of pyridine rings is 2. The number of hydrogen-bond acceptors (Lipinski definition) is 5. The first-order valence-corrected chi connectivity index (χ1v) is 12.5. The van der Waals surface area contributed by atoms with Crippen LogP contribution in [0.4, 0.5) is 5.69 Å². The van der Waals surface area contributed by atoms with Gasteiger partial charge in [-0.3, -0.25) is 4.79 Å². The van der Waals surface area contributed by atoms with E-state index < -0.39 is 0 Å². The molecule has 0 radical (unpaired) electrons. The fourth-order valence-corrected chi connectivity index (χ4v) is 5.12. The molecule has 1 aliphatic rings. The van der Waals surface area contributed by atoms with Gasteiger partial charge in [-0.05, 0) is 72.1 Å². The van der Waals surface area contributed by atoms with E-state index in [1.54, 1.807) is 6.07 Å². The molecule has 176 valence electrons. The Morgan fingerprint density at radius 1 is 1.18 bits per heavy atom. The summed E-state index contributed by atoms with van der Waals surface area (Å²) in [6.45, 7) is 3.90. The number of morpholine rings is 1. The first-order chi connectivity index (χ1) is 16.5. The number of likely N-dealkylation sites (N-methyl/N-ethyl adjacent to an activating group) is 1. The Bertz CT molecular complexity index is 1360. The molecule has 1 aromatic carbocycles. The highest BCUT2D eigenvalue weighted by atomic mass is 127. The van der Waals surface area contributed by atoms with Gasteiger partial charge >= 0.3 is 0 Å². The minimum absolute atomic E-state index is 0.0187. The predicted molar refractivity (Wildman–Crippen MR) is 145 cm³/mol. The molecule has 0 bridgehead atoms. The lowest BCUT2D eigenvalue weighted by Gasteiger charge is -2.28. The molecule has 8 heteroatoms. The molecule has 0 saturated carbocycles. The van der Waals surface area contributed by atoms with E-state index in [0.29, 0.717) is 0 Å². The second-order valence-electron chi connectivity index (χ2n) is 8.89. The molecule has 0 aliphatic carbocycles. The fraction of sp³-hybridized carbons (Fsp3) is 0.308. The highest BCUT2D eigenvalue weighted by Gasteiger charge is 2.18. The van der Waals surface area contributed by atoms with Crippen molar-refractivity contribution in [1.82, 2.24) is 19.4 Å². The fourth-order valence-electron chi connectivity index (χ4n) is 4.55. The molecular formula is C26H28IN5O2. The van der Waals surface area contributed by atoms with Crippen LogP contribution in [0.25, 0.3) is 22.2 Å². The quantitative estimate of drug-likeness (QED) is 0.356. The zero-order valence-corrected chi connectivity index (χ0v) is 21.5. The van der Waals surface area contributed by atoms with Crippen LogP contribution in [0.3, 0.4) is 0 Å². The van der Waals surface area contributed by atoms with Gasteiger partial charge in [0.2, 0.25) is 0 Å². The molecule has 1 fully saturated rings. The molecule has 34 heavy (non-hydrogen) atoms. The lowest BCUT2D eigenvalue weighted by atomic mass is 10.0. The zero-order valence-electron chi connectivity index (χ0n) is 19.4. The Morgan fingerprint density at radius 3 is 2.74 bits per heavy atom. The van der Waals surface area contributed by atoms with E-state index in [9.17, 15) is 4.79 Å². The van der Waals surface area contributed by atoms with Crippen molar-refractivity contribution in [3.8, 4) is 11.1 Å². The van der Waals surface area contributed by atoms with Crippen LogP contribution in [0.1, 0.15) is 11.6 Å². The van der Waals surface area contributed by atoms with Crippen LogP contribution in [0, 0.1) is 3.57 Å². The summed E-state index contributed by atoms with van der Waals surface area (Å²) in [4.78, 5) is 25.7. The first kappa shape index (κ1) is 23.1. The van der Waals surface area contributed by atoms with Gasteiger partial charge < -0.3 is 24.1 Å². The maximum Gasteiger partial charge on any atom is 0.251 e. The van der Waals surface area contributed by atoms with Gasteiger partial charge in [0.05, 0.1) is 31.1 Å². The molecule has 7 nitrogen and oxygen atoms in total. The Hall–Kier alpha value is -2.69. The molecule has 5 rings (SSSR count). The van der Waals surface area contributed by atoms with Gasteiger partial charge in [-0.1, -0.05) is 12.1 Å². The number of aromatic amines is 1. The molecule has 3 aromatic heterocycles. The average molecular weight is 569 g/mol. The van der Waals surface area contributed by atoms with Crippen LogP contribution in [0.2, 0.25) is 0 Å². The molecule has 1 atom stereocenters. The standard InChI is InChI=1S/C26H28IN5O2/c1-30(2)17-24(19-4-3-5-20(27)12-19)32-7-6-18(13-25(32)33)23-16-29-26-22(23)14-21(15-28-26)31-8-10-34-11-9-31/h3-7,12-16,24H,8-11,17H2,1-2H3,(H,28,29). The van der Waals surface area contributed by atoms with Crippen molar-refractivity contribution < 1.29 is 4.74 Å². The van der Waals surface area contributed by atoms with Gasteiger partial charge in [-0.25, -0.2) is 4.98 Å². The summed E-state index contributed by atoms with van der Waals surface area (Å²) < 4.78 is 8.48. The van der Waals surface area contributed by atoms with E-state index in [1.165, 1.54) is 0 Å². The largest absolute Gasteiger partial charge is 0.378 e. The van der Waals surface area contributed by atoms with Gasteiger partial charge in [0.1, 0.15) is 5.65 Å². The molecule has 0 amide bonds. The van der Waals surface area contributed by atoms with Crippen LogP contribution in [-0.4, -0.2) is 66.4 Å². The third-order valence-electron chi connectivity index (χ3n) is 6.26. The highest BCUT2D eigenvalue weighted by Crippen LogP contribution is 2.30. The summed E-state index contributed by atoms with van der Waals surface area (Å²) in [5.74, 6) is 0. The summed E-state index contributed by atoms with van der Waals surface area (Å²) in [7, 11) is 4.07. The van der Waals surface area contributed by atoms with Gasteiger partial charge in [0, 0.05) is 52.6 Å². The van der Waals surface area contributed by atoms with Crippen LogP contribution < -0.4 is 10.5 Å². The molecule has 1 saturated heterocycles. The lowest BCUT2D eigenvalue weighted by molar-refractivity contribution is 0.122. The number of fused-ring (bicyclic) bond motifs is 1. The monoisotopic (exact) mass is 569 g/mol. The van der Waals surface area contributed by atoms with Crippen molar-refractivity contribution >= 4 is 39.3 Å². The Morgan fingerprint density at radius 2 is 2.00 bits per heavy atom. The molecule has 0 spiro atoms. The number of aromatic nitrogens is 3. The number of nitrogens with zero attached hydrogens (tertiary/aromatic N) is 4. The minimum atomic E-state index is -0.0659. The third-order valence-corrected chi connectivity index (χ3v) is 6.93. The zero-order chi connectivity index (χ0) is 23.7. The number of anilines is 1. The van der Waals surface area contributed by atoms with Crippen LogP contribution >= 0.6 is 22.6 Å². The van der Waals surface area contributed by atoms with Crippen molar-refractivity contribution in [3.05, 3.63) is 80.5 Å². The topological polar surface area (TPSA) is 66.4 Å². The van der Waals surface area contributed by atoms with E-state index in [-0.39, 0.29) is 11.6 Å². The van der Waals surface area contributed by atoms with Crippen molar-refractivity contribution in [2.24, 2.45) is 0 Å². The van der Waals surface area contributed by atoms with Crippen molar-refractivity contribution in [2.45, 2.75) is 6.04 Å². The number of ether oxygens (including phenoxy) is 1. The molecular weight excluding hydrogens is 541 g/mol. The van der Waals surface area contributed by atoms with Gasteiger partial charge in [0.15, 0.2) is 0 Å². The number of halogens is 1. The van der Waals surface area contributed by atoms with Crippen LogP contribution in [0.5, 0.6) is 0 Å². The van der Waals surface area contributed by atoms with E-state index in [0.717, 1.165) is 69.8 Å². The Kier molecular flexibility index (Phi) is 6.71. The second kappa shape index (κ2) is 9.89. The van der Waals surface area contributed by atoms with Gasteiger partial charge in [0.25, 0.3) is 5.56 Å². The third kappa shape index (κ3) is 4.75. The smallest absolute Gasteiger partial charge is 0.251 e. The Labute approximate surface area is 212 Å². The van der Waals surface area contributed by atoms with Crippen LogP contribution in [-0.2, 0) is 4.74 Å². The van der Waals surface area contributed by atoms with E-state index in [4.69, 9.17) is 4.74 Å². The molecule has 1 unspecified atom stereocenters. The van der Waals surface area contributed by atoms with Gasteiger partial charge in [-0.15, -0.1) is 0 Å². The van der Waals surface area contributed by atoms with Crippen molar-refractivity contribution in [3.63, 3.8) is 0 Å². The van der Waals surface area contributed by atoms with Crippen molar-refractivity contribution in [1.29, 1.82) is 0 Å². The van der Waals surface area contributed by atoms with Crippen LogP contribution in [0.15, 0.2) is 65.8 Å². The second-order valence-corrected chi connectivity index (χ2v) is 10.1. The van der Waals surface area contributed by atoms with E-state index in [2.05, 4.69) is 66.6 Å². The van der Waals surface area contributed by atoms with E-state index in [1.807, 2.05) is 49.4 Å². The molecule has 4 aromatic rings. The molecule has 4 heterocycles. The maximum atomic E-state index is 13.4. The SMILES string of the molecule is CN(C)CC(c1cccc(I)c1)n1ccc(-c2c[nH]c3ncc(N4CCOCC4)cc23)cc1=O. The molecule has 1 N–H and O–H groups in total. The predicted octanol–water partition coefficient (Wildman–Crippen LogP) is 3.98. The lowest BCUT2D eigenvalue weighted by Crippen LogP contribution is -2.36. The minimum Gasteiger partial charge on any atom is -0.378 e. The normalized spacial score (nSPS) is 15.2. The van der Waals surface area contributed by atoms with Gasteiger partial charge in [-0.2, -0.15) is 0 Å². The Balaban J connectivity index is 1.52.